The first-order chi connectivity index (χ1) is 12.5. The van der Waals surface area contributed by atoms with Crippen LogP contribution in [0.15, 0.2) is 46.4 Å². The molecule has 1 aromatic heterocycles. The predicted molar refractivity (Wildman–Crippen MR) is 98.2 cm³/mol. The summed E-state index contributed by atoms with van der Waals surface area (Å²) in [6.07, 6.45) is 2.55. The molecule has 1 aliphatic carbocycles. The maximum absolute atomic E-state index is 12.3. The zero-order chi connectivity index (χ0) is 18.7. The maximum atomic E-state index is 12.3. The van der Waals surface area contributed by atoms with Crippen LogP contribution < -0.4 is 10.6 Å². The Morgan fingerprint density at radius 2 is 1.77 bits per heavy atom. The molecule has 2 atom stereocenters. The van der Waals surface area contributed by atoms with Crippen LogP contribution in [0, 0.1) is 17.2 Å². The van der Waals surface area contributed by atoms with Gasteiger partial charge in [-0.3, -0.25) is 9.59 Å². The van der Waals surface area contributed by atoms with Gasteiger partial charge >= 0.3 is 0 Å². The molecule has 132 valence electrons. The summed E-state index contributed by atoms with van der Waals surface area (Å²) in [5.41, 5.74) is 1.11. The number of carbonyl (C=O) groups is 2. The Kier molecular flexibility index (Phi) is 4.90. The summed E-state index contributed by atoms with van der Waals surface area (Å²) >= 11 is 0. The molecule has 6 nitrogen and oxygen atoms in total. The molecule has 2 N–H and O–H groups in total. The van der Waals surface area contributed by atoms with Crippen LogP contribution in [0.1, 0.15) is 37.7 Å². The zero-order valence-electron chi connectivity index (χ0n) is 14.6. The third-order valence-electron chi connectivity index (χ3n) is 4.24. The molecule has 0 radical (unpaired) electrons. The van der Waals surface area contributed by atoms with E-state index in [9.17, 15) is 14.9 Å². The first-order valence-corrected chi connectivity index (χ1v) is 8.37. The molecular formula is C20H19N3O3. The third kappa shape index (κ3) is 4.19. The van der Waals surface area contributed by atoms with Gasteiger partial charge in [0.25, 0.3) is 5.91 Å². The van der Waals surface area contributed by atoms with E-state index in [4.69, 9.17) is 4.42 Å². The summed E-state index contributed by atoms with van der Waals surface area (Å²) < 4.78 is 5.72. The molecule has 1 aromatic carbocycles. The van der Waals surface area contributed by atoms with Gasteiger partial charge in [-0.25, -0.2) is 0 Å². The van der Waals surface area contributed by atoms with E-state index < -0.39 is 5.91 Å². The Hall–Kier alpha value is -3.33. The van der Waals surface area contributed by atoms with Crippen LogP contribution >= 0.6 is 0 Å². The molecule has 1 aliphatic rings. The standard InChI is InChI=1S/C20H19N3O3/c1-12-9-18(12)19-8-7-17(26-19)10-14(11-21)20(25)23-16-5-3-15(4-6-16)22-13(2)24/h3-8,10,12,18H,9H2,1-2H3,(H,22,24)(H,23,25)/b14-10+/t12-,18-/m0/s1. The molecule has 2 aromatic rings. The highest BCUT2D eigenvalue weighted by Gasteiger charge is 2.36. The lowest BCUT2D eigenvalue weighted by atomic mass is 10.2. The molecule has 0 saturated heterocycles. The number of nitriles is 1. The minimum absolute atomic E-state index is 0.0410. The highest BCUT2D eigenvalue weighted by molar-refractivity contribution is 6.09. The summed E-state index contributed by atoms with van der Waals surface area (Å²) in [5.74, 6) is 1.77. The van der Waals surface area contributed by atoms with Crippen LogP contribution in [0.4, 0.5) is 11.4 Å². The SMILES string of the molecule is CC(=O)Nc1ccc(NC(=O)/C(C#N)=C/c2ccc([C@H]3C[C@@H]3C)o2)cc1. The fraction of sp³-hybridized carbons (Fsp3) is 0.250. The summed E-state index contributed by atoms with van der Waals surface area (Å²) in [7, 11) is 0. The van der Waals surface area contributed by atoms with E-state index in [1.807, 2.05) is 12.1 Å². The Morgan fingerprint density at radius 1 is 1.15 bits per heavy atom. The number of hydrogen-bond donors (Lipinski definition) is 2. The summed E-state index contributed by atoms with van der Waals surface area (Å²) in [5, 5.41) is 14.6. The van der Waals surface area contributed by atoms with Gasteiger partial charge in [0.05, 0.1) is 0 Å². The second-order valence-electron chi connectivity index (χ2n) is 6.44. The van der Waals surface area contributed by atoms with Crippen LogP contribution in [0.2, 0.25) is 0 Å². The van der Waals surface area contributed by atoms with Gasteiger partial charge in [-0.15, -0.1) is 0 Å². The smallest absolute Gasteiger partial charge is 0.266 e. The van der Waals surface area contributed by atoms with Gasteiger partial charge < -0.3 is 15.1 Å². The second-order valence-corrected chi connectivity index (χ2v) is 6.44. The van der Waals surface area contributed by atoms with E-state index in [0.29, 0.717) is 29.0 Å². The second kappa shape index (κ2) is 7.28. The van der Waals surface area contributed by atoms with Gasteiger partial charge in [0.15, 0.2) is 0 Å². The fourth-order valence-electron chi connectivity index (χ4n) is 2.69. The molecule has 0 bridgehead atoms. The van der Waals surface area contributed by atoms with Gasteiger partial charge in [-0.2, -0.15) is 5.26 Å². The van der Waals surface area contributed by atoms with Crippen molar-refractivity contribution in [2.24, 2.45) is 5.92 Å². The molecule has 0 unspecified atom stereocenters. The van der Waals surface area contributed by atoms with Crippen molar-refractivity contribution in [2.45, 2.75) is 26.2 Å². The lowest BCUT2D eigenvalue weighted by Gasteiger charge is -2.06. The molecule has 3 rings (SSSR count). The van der Waals surface area contributed by atoms with Gasteiger partial charge in [0.1, 0.15) is 23.2 Å². The number of rotatable bonds is 5. The number of amides is 2. The van der Waals surface area contributed by atoms with E-state index in [2.05, 4.69) is 17.6 Å². The number of carbonyl (C=O) groups excluding carboxylic acids is 2. The normalized spacial score (nSPS) is 18.7. The van der Waals surface area contributed by atoms with Crippen molar-refractivity contribution in [3.8, 4) is 6.07 Å². The van der Waals surface area contributed by atoms with Crippen molar-refractivity contribution in [3.63, 3.8) is 0 Å². The highest BCUT2D eigenvalue weighted by Crippen LogP contribution is 2.47. The Labute approximate surface area is 151 Å². The van der Waals surface area contributed by atoms with Crippen LogP contribution in [-0.2, 0) is 9.59 Å². The van der Waals surface area contributed by atoms with E-state index in [0.717, 1.165) is 12.2 Å². The monoisotopic (exact) mass is 349 g/mol. The molecule has 1 heterocycles. The van der Waals surface area contributed by atoms with Crippen molar-refractivity contribution in [2.75, 3.05) is 10.6 Å². The maximum Gasteiger partial charge on any atom is 0.266 e. The van der Waals surface area contributed by atoms with Gasteiger partial charge in [0, 0.05) is 30.3 Å². The first-order valence-electron chi connectivity index (χ1n) is 8.37. The number of nitrogens with zero attached hydrogens (tertiary/aromatic N) is 1. The number of nitrogens with one attached hydrogen (secondary N) is 2. The zero-order valence-corrected chi connectivity index (χ0v) is 14.6. The largest absolute Gasteiger partial charge is 0.461 e. The molecule has 1 saturated carbocycles. The molecule has 1 fully saturated rings. The number of anilines is 2. The molecule has 26 heavy (non-hydrogen) atoms. The molecule has 6 heteroatoms. The number of hydrogen-bond acceptors (Lipinski definition) is 4. The first kappa shape index (κ1) is 17.5. The van der Waals surface area contributed by atoms with Crippen molar-refractivity contribution >= 4 is 29.3 Å². The average Bonchev–Trinajstić information content (AvgIpc) is 3.15. The molecular weight excluding hydrogens is 330 g/mol. The van der Waals surface area contributed by atoms with Gasteiger partial charge in [-0.1, -0.05) is 6.92 Å². The van der Waals surface area contributed by atoms with Crippen molar-refractivity contribution < 1.29 is 14.0 Å². The topological polar surface area (TPSA) is 95.1 Å². The van der Waals surface area contributed by atoms with Crippen LogP contribution in [0.3, 0.4) is 0 Å². The van der Waals surface area contributed by atoms with E-state index in [-0.39, 0.29) is 11.5 Å². The van der Waals surface area contributed by atoms with Gasteiger partial charge in [0.2, 0.25) is 5.91 Å². The lowest BCUT2D eigenvalue weighted by Crippen LogP contribution is -2.13. The van der Waals surface area contributed by atoms with Crippen molar-refractivity contribution in [1.29, 1.82) is 5.26 Å². The average molecular weight is 349 g/mol. The van der Waals surface area contributed by atoms with Gasteiger partial charge in [-0.05, 0) is 48.7 Å². The van der Waals surface area contributed by atoms with Crippen molar-refractivity contribution in [3.05, 3.63) is 53.5 Å². The number of benzene rings is 1. The molecule has 0 aliphatic heterocycles. The Bertz CT molecular complexity index is 903. The van der Waals surface area contributed by atoms with Crippen LogP contribution in [-0.4, -0.2) is 11.8 Å². The highest BCUT2D eigenvalue weighted by atomic mass is 16.3. The predicted octanol–water partition coefficient (Wildman–Crippen LogP) is 3.91. The summed E-state index contributed by atoms with van der Waals surface area (Å²) in [4.78, 5) is 23.3. The fourth-order valence-corrected chi connectivity index (χ4v) is 2.69. The number of furan rings is 1. The third-order valence-corrected chi connectivity index (χ3v) is 4.24. The lowest BCUT2D eigenvalue weighted by molar-refractivity contribution is -0.114. The quantitative estimate of drug-likeness (QED) is 0.632. The van der Waals surface area contributed by atoms with E-state index in [1.54, 1.807) is 30.3 Å². The van der Waals surface area contributed by atoms with Crippen LogP contribution in [0.25, 0.3) is 6.08 Å². The summed E-state index contributed by atoms with van der Waals surface area (Å²) in [6, 6.07) is 12.2. The van der Waals surface area contributed by atoms with E-state index >= 15 is 0 Å². The minimum atomic E-state index is -0.516. The Morgan fingerprint density at radius 3 is 2.31 bits per heavy atom. The minimum Gasteiger partial charge on any atom is -0.461 e. The van der Waals surface area contributed by atoms with E-state index in [1.165, 1.54) is 13.0 Å². The van der Waals surface area contributed by atoms with Crippen molar-refractivity contribution in [1.82, 2.24) is 0 Å². The summed E-state index contributed by atoms with van der Waals surface area (Å²) in [6.45, 7) is 3.58. The molecule has 2 amide bonds. The molecule has 0 spiro atoms. The van der Waals surface area contributed by atoms with Crippen LogP contribution in [0.5, 0.6) is 0 Å². The Balaban J connectivity index is 1.67.